The van der Waals surface area contributed by atoms with E-state index in [1.54, 1.807) is 0 Å². The standard InChI is InChI=1S/C15H24O2/c1-5-7-14(17-6-2)15(16)13-9-8-11(3)10-12(13)4/h8-10,14-16H,5-7H2,1-4H3. The minimum Gasteiger partial charge on any atom is -0.386 e. The van der Waals surface area contributed by atoms with Crippen LogP contribution in [0.1, 0.15) is 49.5 Å². The van der Waals surface area contributed by atoms with E-state index in [0.717, 1.165) is 24.0 Å². The topological polar surface area (TPSA) is 29.5 Å². The summed E-state index contributed by atoms with van der Waals surface area (Å²) in [6.07, 6.45) is 1.30. The summed E-state index contributed by atoms with van der Waals surface area (Å²) in [5.74, 6) is 0. The van der Waals surface area contributed by atoms with E-state index < -0.39 is 6.10 Å². The molecule has 0 aromatic heterocycles. The Kier molecular flexibility index (Phi) is 5.66. The number of ether oxygens (including phenoxy) is 1. The third kappa shape index (κ3) is 3.83. The molecule has 0 spiro atoms. The molecular weight excluding hydrogens is 212 g/mol. The van der Waals surface area contributed by atoms with E-state index in [-0.39, 0.29) is 6.10 Å². The van der Waals surface area contributed by atoms with Crippen LogP contribution < -0.4 is 0 Å². The number of hydrogen-bond acceptors (Lipinski definition) is 2. The zero-order valence-corrected chi connectivity index (χ0v) is 11.4. The maximum absolute atomic E-state index is 10.4. The average Bonchev–Trinajstić information content (AvgIpc) is 2.28. The highest BCUT2D eigenvalue weighted by atomic mass is 16.5. The number of hydrogen-bond donors (Lipinski definition) is 1. The Balaban J connectivity index is 2.88. The maximum atomic E-state index is 10.4. The van der Waals surface area contributed by atoms with Crippen LogP contribution in [-0.4, -0.2) is 17.8 Å². The van der Waals surface area contributed by atoms with E-state index in [9.17, 15) is 5.11 Å². The molecule has 17 heavy (non-hydrogen) atoms. The molecule has 1 aromatic carbocycles. The van der Waals surface area contributed by atoms with Crippen LogP contribution in [-0.2, 0) is 4.74 Å². The van der Waals surface area contributed by atoms with Crippen molar-refractivity contribution < 1.29 is 9.84 Å². The molecule has 0 amide bonds. The fourth-order valence-corrected chi connectivity index (χ4v) is 2.19. The average molecular weight is 236 g/mol. The van der Waals surface area contributed by atoms with Crippen LogP contribution >= 0.6 is 0 Å². The molecule has 0 aliphatic heterocycles. The predicted molar refractivity (Wildman–Crippen MR) is 71.2 cm³/mol. The van der Waals surface area contributed by atoms with E-state index >= 15 is 0 Å². The van der Waals surface area contributed by atoms with E-state index in [1.807, 2.05) is 26.0 Å². The quantitative estimate of drug-likeness (QED) is 0.818. The number of rotatable bonds is 6. The zero-order valence-electron chi connectivity index (χ0n) is 11.4. The van der Waals surface area contributed by atoms with Gasteiger partial charge in [-0.25, -0.2) is 0 Å². The molecule has 0 heterocycles. The summed E-state index contributed by atoms with van der Waals surface area (Å²) in [7, 11) is 0. The smallest absolute Gasteiger partial charge is 0.105 e. The first-order chi connectivity index (χ1) is 8.10. The molecule has 0 fully saturated rings. The lowest BCUT2D eigenvalue weighted by molar-refractivity contribution is -0.0387. The minimum absolute atomic E-state index is 0.0913. The third-order valence-corrected chi connectivity index (χ3v) is 3.05. The SMILES string of the molecule is CCCC(OCC)C(O)c1ccc(C)cc1C. The monoisotopic (exact) mass is 236 g/mol. The molecule has 2 atom stereocenters. The molecule has 0 saturated carbocycles. The van der Waals surface area contributed by atoms with Gasteiger partial charge in [0.1, 0.15) is 6.10 Å². The van der Waals surface area contributed by atoms with Crippen molar-refractivity contribution in [3.8, 4) is 0 Å². The first-order valence-electron chi connectivity index (χ1n) is 6.47. The normalized spacial score (nSPS) is 14.6. The highest BCUT2D eigenvalue weighted by molar-refractivity contribution is 5.32. The van der Waals surface area contributed by atoms with Crippen LogP contribution in [0.4, 0.5) is 0 Å². The van der Waals surface area contributed by atoms with Crippen LogP contribution in [0.3, 0.4) is 0 Å². The molecular formula is C15H24O2. The number of benzene rings is 1. The van der Waals surface area contributed by atoms with E-state index in [2.05, 4.69) is 19.9 Å². The molecule has 2 unspecified atom stereocenters. The second kappa shape index (κ2) is 6.77. The van der Waals surface area contributed by atoms with Crippen molar-refractivity contribution in [2.45, 2.75) is 52.7 Å². The summed E-state index contributed by atoms with van der Waals surface area (Å²) in [6.45, 7) is 8.83. The van der Waals surface area contributed by atoms with Gasteiger partial charge in [0.15, 0.2) is 0 Å². The fraction of sp³-hybridized carbons (Fsp3) is 0.600. The van der Waals surface area contributed by atoms with Gasteiger partial charge in [0.05, 0.1) is 6.10 Å². The van der Waals surface area contributed by atoms with Gasteiger partial charge in [0.2, 0.25) is 0 Å². The van der Waals surface area contributed by atoms with Gasteiger partial charge >= 0.3 is 0 Å². The van der Waals surface area contributed by atoms with Crippen molar-refractivity contribution in [3.05, 3.63) is 34.9 Å². The van der Waals surface area contributed by atoms with E-state index in [4.69, 9.17) is 4.74 Å². The summed E-state index contributed by atoms with van der Waals surface area (Å²) in [5, 5.41) is 10.4. The summed E-state index contributed by atoms with van der Waals surface area (Å²) >= 11 is 0. The first-order valence-corrected chi connectivity index (χ1v) is 6.47. The van der Waals surface area contributed by atoms with Crippen molar-refractivity contribution >= 4 is 0 Å². The van der Waals surface area contributed by atoms with Gasteiger partial charge < -0.3 is 9.84 Å². The largest absolute Gasteiger partial charge is 0.386 e. The molecule has 1 aromatic rings. The van der Waals surface area contributed by atoms with Gasteiger partial charge in [-0.3, -0.25) is 0 Å². The lowest BCUT2D eigenvalue weighted by Crippen LogP contribution is -2.23. The first kappa shape index (κ1) is 14.2. The van der Waals surface area contributed by atoms with E-state index in [1.165, 1.54) is 5.56 Å². The molecule has 0 radical (unpaired) electrons. The van der Waals surface area contributed by atoms with Crippen LogP contribution in [0.15, 0.2) is 18.2 Å². The third-order valence-electron chi connectivity index (χ3n) is 3.05. The molecule has 0 bridgehead atoms. The lowest BCUT2D eigenvalue weighted by atomic mass is 9.96. The van der Waals surface area contributed by atoms with Crippen LogP contribution in [0.2, 0.25) is 0 Å². The summed E-state index contributed by atoms with van der Waals surface area (Å²) in [6, 6.07) is 6.16. The van der Waals surface area contributed by atoms with Crippen molar-refractivity contribution in [3.63, 3.8) is 0 Å². The maximum Gasteiger partial charge on any atom is 0.105 e. The Morgan fingerprint density at radius 1 is 1.24 bits per heavy atom. The molecule has 1 rings (SSSR count). The van der Waals surface area contributed by atoms with Crippen molar-refractivity contribution in [1.29, 1.82) is 0 Å². The number of aliphatic hydroxyl groups is 1. The number of aryl methyl sites for hydroxylation is 2. The molecule has 96 valence electrons. The van der Waals surface area contributed by atoms with Gasteiger partial charge in [0, 0.05) is 6.61 Å². The van der Waals surface area contributed by atoms with Gasteiger partial charge in [-0.1, -0.05) is 37.1 Å². The molecule has 0 saturated heterocycles. The fourth-order valence-electron chi connectivity index (χ4n) is 2.19. The lowest BCUT2D eigenvalue weighted by Gasteiger charge is -2.24. The second-order valence-corrected chi connectivity index (χ2v) is 4.59. The Labute approximate surface area is 105 Å². The van der Waals surface area contributed by atoms with Crippen molar-refractivity contribution in [2.75, 3.05) is 6.61 Å². The molecule has 0 aliphatic carbocycles. The Morgan fingerprint density at radius 2 is 1.94 bits per heavy atom. The summed E-state index contributed by atoms with van der Waals surface area (Å²) < 4.78 is 5.63. The second-order valence-electron chi connectivity index (χ2n) is 4.59. The minimum atomic E-state index is -0.518. The molecule has 0 aliphatic rings. The number of aliphatic hydroxyl groups excluding tert-OH is 1. The molecule has 2 heteroatoms. The van der Waals surface area contributed by atoms with Crippen molar-refractivity contribution in [2.24, 2.45) is 0 Å². The van der Waals surface area contributed by atoms with Gasteiger partial charge in [0.25, 0.3) is 0 Å². The van der Waals surface area contributed by atoms with Gasteiger partial charge in [-0.2, -0.15) is 0 Å². The molecule has 1 N–H and O–H groups in total. The Bertz CT molecular complexity index is 341. The summed E-state index contributed by atoms with van der Waals surface area (Å²) in [5.41, 5.74) is 3.35. The Hall–Kier alpha value is -0.860. The zero-order chi connectivity index (χ0) is 12.8. The Morgan fingerprint density at radius 3 is 2.47 bits per heavy atom. The van der Waals surface area contributed by atoms with Crippen LogP contribution in [0, 0.1) is 13.8 Å². The van der Waals surface area contributed by atoms with Crippen LogP contribution in [0.5, 0.6) is 0 Å². The highest BCUT2D eigenvalue weighted by Gasteiger charge is 2.21. The van der Waals surface area contributed by atoms with Gasteiger partial charge in [-0.15, -0.1) is 0 Å². The summed E-state index contributed by atoms with van der Waals surface area (Å²) in [4.78, 5) is 0. The van der Waals surface area contributed by atoms with Crippen molar-refractivity contribution in [1.82, 2.24) is 0 Å². The van der Waals surface area contributed by atoms with E-state index in [0.29, 0.717) is 6.61 Å². The highest BCUT2D eigenvalue weighted by Crippen LogP contribution is 2.25. The molecule has 2 nitrogen and oxygen atoms in total. The predicted octanol–water partition coefficient (Wildman–Crippen LogP) is 3.54. The van der Waals surface area contributed by atoms with Gasteiger partial charge in [-0.05, 0) is 38.3 Å². The van der Waals surface area contributed by atoms with Crippen LogP contribution in [0.25, 0.3) is 0 Å².